The van der Waals surface area contributed by atoms with Crippen LogP contribution in [0, 0.1) is 13.8 Å². The third-order valence-corrected chi connectivity index (χ3v) is 2.15. The predicted octanol–water partition coefficient (Wildman–Crippen LogP) is 1.89. The summed E-state index contributed by atoms with van der Waals surface area (Å²) in [6, 6.07) is 1.99. The molecule has 0 saturated heterocycles. The van der Waals surface area contributed by atoms with Gasteiger partial charge in [-0.05, 0) is 44.9 Å². The summed E-state index contributed by atoms with van der Waals surface area (Å²) in [6.07, 6.45) is 1.81. The fourth-order valence-electron chi connectivity index (χ4n) is 1.34. The van der Waals surface area contributed by atoms with Crippen molar-refractivity contribution in [1.29, 1.82) is 0 Å². The molecule has 0 aliphatic heterocycles. The molecule has 0 fully saturated rings. The molecule has 2 heteroatoms. The summed E-state index contributed by atoms with van der Waals surface area (Å²) in [5, 5.41) is 0. The molecule has 0 spiro atoms. The summed E-state index contributed by atoms with van der Waals surface area (Å²) in [5.41, 5.74) is 9.17. The van der Waals surface area contributed by atoms with E-state index in [-0.39, 0.29) is 5.54 Å². The van der Waals surface area contributed by atoms with Crippen molar-refractivity contribution < 1.29 is 0 Å². The van der Waals surface area contributed by atoms with Gasteiger partial charge in [-0.3, -0.25) is 4.98 Å². The van der Waals surface area contributed by atoms with Crippen molar-refractivity contribution in [3.05, 3.63) is 29.1 Å². The Morgan fingerprint density at radius 1 is 1.33 bits per heavy atom. The van der Waals surface area contributed by atoms with Crippen LogP contribution in [-0.2, 0) is 5.54 Å². The lowest BCUT2D eigenvalue weighted by atomic mass is 9.92. The minimum Gasteiger partial charge on any atom is -0.322 e. The quantitative estimate of drug-likeness (QED) is 0.688. The maximum absolute atomic E-state index is 6.00. The fourth-order valence-corrected chi connectivity index (χ4v) is 1.34. The van der Waals surface area contributed by atoms with Gasteiger partial charge in [0.2, 0.25) is 0 Å². The Morgan fingerprint density at radius 3 is 2.33 bits per heavy atom. The molecule has 1 rings (SSSR count). The van der Waals surface area contributed by atoms with Crippen LogP contribution >= 0.6 is 0 Å². The topological polar surface area (TPSA) is 38.9 Å². The smallest absolute Gasteiger partial charge is 0.0405 e. The Morgan fingerprint density at radius 2 is 1.92 bits per heavy atom. The van der Waals surface area contributed by atoms with Gasteiger partial charge in [-0.2, -0.15) is 0 Å². The molecule has 0 radical (unpaired) electrons. The maximum atomic E-state index is 6.00. The molecule has 0 aliphatic rings. The molecule has 66 valence electrons. The molecule has 2 N–H and O–H groups in total. The highest BCUT2D eigenvalue weighted by Crippen LogP contribution is 2.21. The number of pyridine rings is 1. The van der Waals surface area contributed by atoms with Gasteiger partial charge >= 0.3 is 0 Å². The molecule has 0 bridgehead atoms. The molecule has 1 aromatic heterocycles. The minimum absolute atomic E-state index is 0.266. The summed E-state index contributed by atoms with van der Waals surface area (Å²) in [5.74, 6) is 0. The van der Waals surface area contributed by atoms with Crippen molar-refractivity contribution in [2.45, 2.75) is 33.2 Å². The van der Waals surface area contributed by atoms with Crippen LogP contribution in [0.4, 0.5) is 0 Å². The Balaban J connectivity index is 3.26. The molecule has 12 heavy (non-hydrogen) atoms. The number of aryl methyl sites for hydroxylation is 1. The Labute approximate surface area is 73.8 Å². The molecular formula is C10H16N2. The first-order valence-corrected chi connectivity index (χ1v) is 4.14. The highest BCUT2D eigenvalue weighted by Gasteiger charge is 2.17. The van der Waals surface area contributed by atoms with Crippen molar-refractivity contribution in [3.63, 3.8) is 0 Å². The molecule has 2 nitrogen and oxygen atoms in total. The number of hydrogen-bond acceptors (Lipinski definition) is 2. The Bertz CT molecular complexity index is 284. The summed E-state index contributed by atoms with van der Waals surface area (Å²) >= 11 is 0. The number of rotatable bonds is 1. The lowest BCUT2D eigenvalue weighted by Gasteiger charge is -2.22. The molecule has 0 atom stereocenters. The van der Waals surface area contributed by atoms with E-state index in [4.69, 9.17) is 5.73 Å². The van der Waals surface area contributed by atoms with E-state index in [1.807, 2.05) is 33.0 Å². The summed E-state index contributed by atoms with van der Waals surface area (Å²) in [4.78, 5) is 4.20. The van der Waals surface area contributed by atoms with E-state index in [2.05, 4.69) is 11.9 Å². The summed E-state index contributed by atoms with van der Waals surface area (Å²) in [7, 11) is 0. The van der Waals surface area contributed by atoms with Crippen LogP contribution in [0.25, 0.3) is 0 Å². The molecule has 0 aromatic carbocycles. The standard InChI is InChI=1S/C10H16N2/c1-7-8(2)12-6-5-9(7)10(3,4)11/h5-6H,11H2,1-4H3. The van der Waals surface area contributed by atoms with E-state index in [9.17, 15) is 0 Å². The first-order valence-electron chi connectivity index (χ1n) is 4.14. The Hall–Kier alpha value is -0.890. The number of hydrogen-bond donors (Lipinski definition) is 1. The van der Waals surface area contributed by atoms with E-state index in [0.29, 0.717) is 0 Å². The maximum Gasteiger partial charge on any atom is 0.0405 e. The SMILES string of the molecule is Cc1nccc(C(C)(C)N)c1C. The van der Waals surface area contributed by atoms with Gasteiger partial charge in [0, 0.05) is 17.4 Å². The molecule has 0 saturated carbocycles. The molecule has 1 aromatic rings. The lowest BCUT2D eigenvalue weighted by molar-refractivity contribution is 0.549. The van der Waals surface area contributed by atoms with Crippen LogP contribution in [0.1, 0.15) is 30.7 Å². The number of nitrogens with zero attached hydrogens (tertiary/aromatic N) is 1. The number of nitrogens with two attached hydrogens (primary N) is 1. The normalized spacial score (nSPS) is 11.8. The molecule has 0 amide bonds. The van der Waals surface area contributed by atoms with Gasteiger partial charge in [-0.25, -0.2) is 0 Å². The largest absolute Gasteiger partial charge is 0.322 e. The van der Waals surface area contributed by atoms with Crippen molar-refractivity contribution in [2.24, 2.45) is 5.73 Å². The fraction of sp³-hybridized carbons (Fsp3) is 0.500. The van der Waals surface area contributed by atoms with E-state index in [0.717, 1.165) is 5.69 Å². The van der Waals surface area contributed by atoms with Crippen LogP contribution in [0.5, 0.6) is 0 Å². The summed E-state index contributed by atoms with van der Waals surface area (Å²) < 4.78 is 0. The van der Waals surface area contributed by atoms with Gasteiger partial charge in [-0.1, -0.05) is 0 Å². The van der Waals surface area contributed by atoms with Crippen molar-refractivity contribution >= 4 is 0 Å². The third-order valence-electron chi connectivity index (χ3n) is 2.15. The van der Waals surface area contributed by atoms with Crippen molar-refractivity contribution in [2.75, 3.05) is 0 Å². The van der Waals surface area contributed by atoms with Gasteiger partial charge in [0.1, 0.15) is 0 Å². The average Bonchev–Trinajstić information content (AvgIpc) is 1.92. The van der Waals surface area contributed by atoms with Crippen LogP contribution in [0.2, 0.25) is 0 Å². The number of aromatic nitrogens is 1. The molecule has 0 unspecified atom stereocenters. The highest BCUT2D eigenvalue weighted by molar-refractivity contribution is 5.32. The Kier molecular flexibility index (Phi) is 2.20. The van der Waals surface area contributed by atoms with E-state index >= 15 is 0 Å². The van der Waals surface area contributed by atoms with Crippen LogP contribution in [0.15, 0.2) is 12.3 Å². The van der Waals surface area contributed by atoms with Crippen molar-refractivity contribution in [1.82, 2.24) is 4.98 Å². The van der Waals surface area contributed by atoms with Gasteiger partial charge in [0.05, 0.1) is 0 Å². The monoisotopic (exact) mass is 164 g/mol. The second kappa shape index (κ2) is 2.87. The van der Waals surface area contributed by atoms with Gasteiger partial charge in [0.25, 0.3) is 0 Å². The average molecular weight is 164 g/mol. The van der Waals surface area contributed by atoms with Gasteiger partial charge in [0.15, 0.2) is 0 Å². The van der Waals surface area contributed by atoms with Crippen LogP contribution < -0.4 is 5.73 Å². The first-order chi connectivity index (χ1) is 5.43. The summed E-state index contributed by atoms with van der Waals surface area (Å²) in [6.45, 7) is 8.08. The molecular weight excluding hydrogens is 148 g/mol. The van der Waals surface area contributed by atoms with Gasteiger partial charge in [-0.15, -0.1) is 0 Å². The zero-order valence-corrected chi connectivity index (χ0v) is 8.18. The predicted molar refractivity (Wildman–Crippen MR) is 50.9 cm³/mol. The third kappa shape index (κ3) is 1.64. The van der Waals surface area contributed by atoms with E-state index in [1.54, 1.807) is 0 Å². The highest BCUT2D eigenvalue weighted by atomic mass is 14.7. The van der Waals surface area contributed by atoms with Crippen LogP contribution in [-0.4, -0.2) is 4.98 Å². The lowest BCUT2D eigenvalue weighted by Crippen LogP contribution is -2.29. The minimum atomic E-state index is -0.266. The van der Waals surface area contributed by atoms with E-state index < -0.39 is 0 Å². The zero-order chi connectivity index (χ0) is 9.35. The zero-order valence-electron chi connectivity index (χ0n) is 8.18. The van der Waals surface area contributed by atoms with Crippen LogP contribution in [0.3, 0.4) is 0 Å². The molecule has 0 aliphatic carbocycles. The van der Waals surface area contributed by atoms with E-state index in [1.165, 1.54) is 11.1 Å². The molecule has 1 heterocycles. The first kappa shape index (κ1) is 9.20. The van der Waals surface area contributed by atoms with Crippen molar-refractivity contribution in [3.8, 4) is 0 Å². The van der Waals surface area contributed by atoms with Gasteiger partial charge < -0.3 is 5.73 Å². The second-order valence-electron chi connectivity index (χ2n) is 3.79. The second-order valence-corrected chi connectivity index (χ2v) is 3.79.